The number of halogens is 1. The van der Waals surface area contributed by atoms with Crippen LogP contribution in [0.1, 0.15) is 60.1 Å². The first kappa shape index (κ1) is 21.9. The number of aryl methyl sites for hydroxylation is 1. The summed E-state index contributed by atoms with van der Waals surface area (Å²) in [6, 6.07) is 9.95. The van der Waals surface area contributed by atoms with E-state index in [9.17, 15) is 9.59 Å². The molecule has 0 bridgehead atoms. The maximum atomic E-state index is 13.2. The second-order valence-corrected chi connectivity index (χ2v) is 9.06. The van der Waals surface area contributed by atoms with Crippen molar-refractivity contribution in [2.75, 3.05) is 26.2 Å². The van der Waals surface area contributed by atoms with Gasteiger partial charge in [0.15, 0.2) is 0 Å². The molecule has 31 heavy (non-hydrogen) atoms. The van der Waals surface area contributed by atoms with Gasteiger partial charge in [-0.1, -0.05) is 54.8 Å². The fourth-order valence-corrected chi connectivity index (χ4v) is 5.01. The fraction of sp³-hybridized carbons (Fsp3) is 0.542. The van der Waals surface area contributed by atoms with Crippen LogP contribution in [-0.4, -0.2) is 57.6 Å². The Bertz CT molecular complexity index is 911. The van der Waals surface area contributed by atoms with Crippen LogP contribution in [0.25, 0.3) is 0 Å². The number of amides is 2. The van der Waals surface area contributed by atoms with E-state index in [0.29, 0.717) is 36.0 Å². The zero-order chi connectivity index (χ0) is 21.8. The minimum atomic E-state index is -0.0810. The van der Waals surface area contributed by atoms with Gasteiger partial charge in [-0.25, -0.2) is 4.68 Å². The van der Waals surface area contributed by atoms with E-state index < -0.39 is 0 Å². The lowest BCUT2D eigenvalue weighted by molar-refractivity contribution is -0.136. The maximum absolute atomic E-state index is 13.2. The van der Waals surface area contributed by atoms with Gasteiger partial charge in [0, 0.05) is 32.1 Å². The zero-order valence-electron chi connectivity index (χ0n) is 18.2. The van der Waals surface area contributed by atoms with Crippen molar-refractivity contribution in [1.29, 1.82) is 0 Å². The molecule has 6 nitrogen and oxygen atoms in total. The molecule has 166 valence electrons. The minimum Gasteiger partial charge on any atom is -0.342 e. The lowest BCUT2D eigenvalue weighted by Gasteiger charge is -2.34. The first-order valence-electron chi connectivity index (χ1n) is 11.4. The van der Waals surface area contributed by atoms with E-state index in [1.807, 2.05) is 47.1 Å². The lowest BCUT2D eigenvalue weighted by Crippen LogP contribution is -2.44. The normalized spacial score (nSPS) is 18.1. The summed E-state index contributed by atoms with van der Waals surface area (Å²) in [4.78, 5) is 30.0. The number of benzene rings is 1. The van der Waals surface area contributed by atoms with Gasteiger partial charge >= 0.3 is 0 Å². The summed E-state index contributed by atoms with van der Waals surface area (Å²) in [5.74, 6) is 0.223. The summed E-state index contributed by atoms with van der Waals surface area (Å²) >= 11 is 6.58. The van der Waals surface area contributed by atoms with Crippen LogP contribution in [0.4, 0.5) is 0 Å². The van der Waals surface area contributed by atoms with Crippen LogP contribution in [0.2, 0.25) is 5.15 Å². The number of hydrogen-bond donors (Lipinski definition) is 0. The summed E-state index contributed by atoms with van der Waals surface area (Å²) in [5.41, 5.74) is 2.21. The van der Waals surface area contributed by atoms with E-state index in [-0.39, 0.29) is 17.7 Å². The van der Waals surface area contributed by atoms with Crippen molar-refractivity contribution >= 4 is 23.4 Å². The van der Waals surface area contributed by atoms with Crippen molar-refractivity contribution in [3.8, 4) is 0 Å². The molecule has 2 aliphatic rings. The molecular formula is C24H31ClN4O2. The van der Waals surface area contributed by atoms with Crippen molar-refractivity contribution in [2.45, 2.75) is 52.0 Å². The van der Waals surface area contributed by atoms with Gasteiger partial charge in [0.1, 0.15) is 5.15 Å². The Morgan fingerprint density at radius 1 is 0.968 bits per heavy atom. The molecule has 0 saturated carbocycles. The molecule has 0 aliphatic carbocycles. The molecule has 0 spiro atoms. The Balaban J connectivity index is 1.39. The van der Waals surface area contributed by atoms with Crippen LogP contribution in [0.15, 0.2) is 30.3 Å². The highest BCUT2D eigenvalue weighted by atomic mass is 35.5. The van der Waals surface area contributed by atoms with Gasteiger partial charge in [0.05, 0.1) is 17.8 Å². The van der Waals surface area contributed by atoms with Crippen molar-refractivity contribution in [1.82, 2.24) is 19.6 Å². The van der Waals surface area contributed by atoms with E-state index in [2.05, 4.69) is 5.10 Å². The Labute approximate surface area is 189 Å². The predicted octanol–water partition coefficient (Wildman–Crippen LogP) is 4.15. The Hall–Kier alpha value is -2.34. The van der Waals surface area contributed by atoms with E-state index in [0.717, 1.165) is 44.3 Å². The van der Waals surface area contributed by atoms with Crippen LogP contribution in [0.3, 0.4) is 0 Å². The quantitative estimate of drug-likeness (QED) is 0.714. The average molecular weight is 443 g/mol. The number of aromatic nitrogens is 2. The predicted molar refractivity (Wildman–Crippen MR) is 121 cm³/mol. The third-order valence-corrected chi connectivity index (χ3v) is 6.89. The second-order valence-electron chi connectivity index (χ2n) is 8.70. The van der Waals surface area contributed by atoms with Crippen LogP contribution in [-0.2, 0) is 11.3 Å². The average Bonchev–Trinajstić information content (AvgIpc) is 2.96. The number of rotatable bonds is 4. The van der Waals surface area contributed by atoms with Crippen LogP contribution < -0.4 is 0 Å². The molecule has 0 N–H and O–H groups in total. The molecule has 2 amide bonds. The summed E-state index contributed by atoms with van der Waals surface area (Å²) in [5, 5.41) is 4.89. The van der Waals surface area contributed by atoms with E-state index in [1.54, 1.807) is 4.68 Å². The van der Waals surface area contributed by atoms with Crippen molar-refractivity contribution in [3.05, 3.63) is 52.3 Å². The number of piperidine rings is 1. The highest BCUT2D eigenvalue weighted by molar-refractivity contribution is 6.33. The number of nitrogens with zero attached hydrogens (tertiary/aromatic N) is 4. The molecule has 2 saturated heterocycles. The molecule has 2 aliphatic heterocycles. The van der Waals surface area contributed by atoms with E-state index >= 15 is 0 Å². The minimum absolute atomic E-state index is 0.0273. The molecule has 2 aromatic rings. The number of likely N-dealkylation sites (tertiary alicyclic amines) is 2. The van der Waals surface area contributed by atoms with Gasteiger partial charge in [-0.05, 0) is 38.2 Å². The lowest BCUT2D eigenvalue weighted by atomic mass is 9.94. The third-order valence-electron chi connectivity index (χ3n) is 6.50. The summed E-state index contributed by atoms with van der Waals surface area (Å²) in [6.45, 7) is 5.29. The Kier molecular flexibility index (Phi) is 6.96. The maximum Gasteiger partial charge on any atom is 0.258 e. The van der Waals surface area contributed by atoms with Crippen molar-refractivity contribution < 1.29 is 9.59 Å². The molecule has 0 unspecified atom stereocenters. The molecule has 1 aromatic heterocycles. The Morgan fingerprint density at radius 2 is 1.61 bits per heavy atom. The van der Waals surface area contributed by atoms with Gasteiger partial charge in [-0.2, -0.15) is 5.10 Å². The second kappa shape index (κ2) is 9.86. The topological polar surface area (TPSA) is 58.4 Å². The Morgan fingerprint density at radius 3 is 2.26 bits per heavy atom. The van der Waals surface area contributed by atoms with Crippen LogP contribution >= 0.6 is 11.6 Å². The van der Waals surface area contributed by atoms with Gasteiger partial charge in [0.2, 0.25) is 5.91 Å². The molecule has 0 atom stereocenters. The first-order valence-corrected chi connectivity index (χ1v) is 11.8. The third kappa shape index (κ3) is 4.95. The van der Waals surface area contributed by atoms with Crippen molar-refractivity contribution in [3.63, 3.8) is 0 Å². The molecule has 7 heteroatoms. The monoisotopic (exact) mass is 442 g/mol. The smallest absolute Gasteiger partial charge is 0.258 e. The van der Waals surface area contributed by atoms with Crippen molar-refractivity contribution in [2.24, 2.45) is 5.92 Å². The highest BCUT2D eigenvalue weighted by Crippen LogP contribution is 2.27. The SMILES string of the molecule is Cc1nn(Cc2ccccc2)c(Cl)c1C(=O)N1CCC(C(=O)N2CCCCCC2)CC1. The number of carbonyl (C=O) groups excluding carboxylic acids is 2. The molecule has 0 radical (unpaired) electrons. The largest absolute Gasteiger partial charge is 0.342 e. The summed E-state index contributed by atoms with van der Waals surface area (Å²) in [7, 11) is 0. The fourth-order valence-electron chi connectivity index (χ4n) is 4.69. The number of hydrogen-bond acceptors (Lipinski definition) is 3. The van der Waals surface area contributed by atoms with Gasteiger partial charge in [0.25, 0.3) is 5.91 Å². The zero-order valence-corrected chi connectivity index (χ0v) is 19.0. The molecule has 3 heterocycles. The molecule has 4 rings (SSSR count). The van der Waals surface area contributed by atoms with Gasteiger partial charge in [-0.15, -0.1) is 0 Å². The molecular weight excluding hydrogens is 412 g/mol. The van der Waals surface area contributed by atoms with Gasteiger partial charge in [-0.3, -0.25) is 9.59 Å². The van der Waals surface area contributed by atoms with Crippen LogP contribution in [0.5, 0.6) is 0 Å². The summed E-state index contributed by atoms with van der Waals surface area (Å²) in [6.07, 6.45) is 6.08. The van der Waals surface area contributed by atoms with Gasteiger partial charge < -0.3 is 9.80 Å². The summed E-state index contributed by atoms with van der Waals surface area (Å²) < 4.78 is 1.69. The number of carbonyl (C=O) groups is 2. The first-order chi connectivity index (χ1) is 15.0. The standard InChI is InChI=1S/C24H31ClN4O2/c1-18-21(22(25)29(26-18)17-19-9-5-4-6-10-19)24(31)28-15-11-20(12-16-28)23(30)27-13-7-2-3-8-14-27/h4-6,9-10,20H,2-3,7-8,11-17H2,1H3. The van der Waals surface area contributed by atoms with E-state index in [4.69, 9.17) is 11.6 Å². The molecule has 1 aromatic carbocycles. The van der Waals surface area contributed by atoms with E-state index in [1.165, 1.54) is 12.8 Å². The highest BCUT2D eigenvalue weighted by Gasteiger charge is 2.32. The molecule has 2 fully saturated rings. The van der Waals surface area contributed by atoms with Crippen LogP contribution in [0, 0.1) is 12.8 Å².